The minimum absolute atomic E-state index is 0.724. The highest BCUT2D eigenvalue weighted by Gasteiger charge is 2.12. The third kappa shape index (κ3) is 1.48. The van der Waals surface area contributed by atoms with Crippen molar-refractivity contribution < 1.29 is 9.30 Å². The summed E-state index contributed by atoms with van der Waals surface area (Å²) >= 11 is 1.80. The first kappa shape index (κ1) is 9.46. The summed E-state index contributed by atoms with van der Waals surface area (Å²) in [5.74, 6) is 0.960. The Morgan fingerprint density at radius 1 is 1.43 bits per heavy atom. The van der Waals surface area contributed by atoms with Crippen molar-refractivity contribution in [3.8, 4) is 5.75 Å². The molecule has 0 spiro atoms. The van der Waals surface area contributed by atoms with E-state index in [2.05, 4.69) is 30.7 Å². The van der Waals surface area contributed by atoms with E-state index in [1.54, 1.807) is 11.3 Å². The molecule has 1 aromatic carbocycles. The lowest BCUT2D eigenvalue weighted by atomic mass is 10.3. The first-order valence-electron chi connectivity index (χ1n) is 4.74. The van der Waals surface area contributed by atoms with Crippen LogP contribution in [0.3, 0.4) is 0 Å². The second-order valence-corrected chi connectivity index (χ2v) is 4.48. The number of fused-ring (bicyclic) bond motifs is 1. The lowest BCUT2D eigenvalue weighted by Crippen LogP contribution is -2.28. The van der Waals surface area contributed by atoms with Crippen LogP contribution in [-0.2, 0) is 7.05 Å². The van der Waals surface area contributed by atoms with Crippen LogP contribution in [0.15, 0.2) is 18.2 Å². The second-order valence-electron chi connectivity index (χ2n) is 3.24. The number of thiazole rings is 1. The van der Waals surface area contributed by atoms with Gasteiger partial charge in [-0.2, -0.15) is 4.57 Å². The van der Waals surface area contributed by atoms with Crippen molar-refractivity contribution in [3.63, 3.8) is 0 Å². The van der Waals surface area contributed by atoms with E-state index in [0.717, 1.165) is 12.4 Å². The number of hydrogen-bond donors (Lipinski definition) is 0. The average molecular weight is 208 g/mol. The largest absolute Gasteiger partial charge is 0.494 e. The lowest BCUT2D eigenvalue weighted by Gasteiger charge is -2.00. The quantitative estimate of drug-likeness (QED) is 0.691. The Hall–Kier alpha value is -1.09. The Morgan fingerprint density at radius 3 is 2.93 bits per heavy atom. The van der Waals surface area contributed by atoms with Crippen LogP contribution in [0.2, 0.25) is 0 Å². The molecule has 0 saturated carbocycles. The first-order valence-corrected chi connectivity index (χ1v) is 5.56. The monoisotopic (exact) mass is 208 g/mol. The molecule has 14 heavy (non-hydrogen) atoms. The van der Waals surface area contributed by atoms with Gasteiger partial charge >= 0.3 is 0 Å². The summed E-state index contributed by atoms with van der Waals surface area (Å²) in [4.78, 5) is 0. The zero-order valence-corrected chi connectivity index (χ0v) is 9.52. The van der Waals surface area contributed by atoms with Gasteiger partial charge in [0.2, 0.25) is 10.5 Å². The summed E-state index contributed by atoms with van der Waals surface area (Å²) in [5, 5.41) is 1.31. The molecule has 0 amide bonds. The maximum atomic E-state index is 5.46. The van der Waals surface area contributed by atoms with E-state index in [4.69, 9.17) is 4.74 Å². The van der Waals surface area contributed by atoms with Crippen LogP contribution in [0.25, 0.3) is 10.2 Å². The fourth-order valence-electron chi connectivity index (χ4n) is 1.51. The summed E-state index contributed by atoms with van der Waals surface area (Å²) in [5.41, 5.74) is 1.27. The van der Waals surface area contributed by atoms with E-state index in [0.29, 0.717) is 0 Å². The standard InChI is InChI=1S/C11H14NOS/c1-4-13-9-5-6-10-11(7-9)14-8(2)12(10)3/h5-7H,4H2,1-3H3/q+1. The smallest absolute Gasteiger partial charge is 0.234 e. The number of benzene rings is 1. The fourth-order valence-corrected chi connectivity index (χ4v) is 2.55. The molecular formula is C11H14NOS+. The number of ether oxygens (including phenoxy) is 1. The van der Waals surface area contributed by atoms with Crippen molar-refractivity contribution in [2.24, 2.45) is 7.05 Å². The molecule has 0 unspecified atom stereocenters. The molecule has 3 heteroatoms. The molecule has 0 fully saturated rings. The molecule has 0 saturated heterocycles. The lowest BCUT2D eigenvalue weighted by molar-refractivity contribution is -0.646. The average Bonchev–Trinajstić information content (AvgIpc) is 2.43. The number of aryl methyl sites for hydroxylation is 2. The van der Waals surface area contributed by atoms with Gasteiger partial charge in [-0.15, -0.1) is 0 Å². The molecule has 0 radical (unpaired) electrons. The molecule has 2 rings (SSSR count). The van der Waals surface area contributed by atoms with Crippen LogP contribution < -0.4 is 9.30 Å². The highest BCUT2D eigenvalue weighted by atomic mass is 32.1. The summed E-state index contributed by atoms with van der Waals surface area (Å²) in [6, 6.07) is 6.25. The molecule has 1 aromatic heterocycles. The Bertz CT molecular complexity index is 462. The van der Waals surface area contributed by atoms with Crippen LogP contribution in [0, 0.1) is 6.92 Å². The summed E-state index contributed by atoms with van der Waals surface area (Å²) < 4.78 is 8.95. The van der Waals surface area contributed by atoms with Gasteiger partial charge in [0.1, 0.15) is 17.5 Å². The van der Waals surface area contributed by atoms with Gasteiger partial charge in [-0.1, -0.05) is 11.3 Å². The molecular weight excluding hydrogens is 194 g/mol. The summed E-state index contributed by atoms with van der Waals surface area (Å²) in [6.45, 7) is 4.86. The van der Waals surface area contributed by atoms with Crippen molar-refractivity contribution in [3.05, 3.63) is 23.2 Å². The van der Waals surface area contributed by atoms with Gasteiger partial charge in [0.25, 0.3) is 0 Å². The van der Waals surface area contributed by atoms with Gasteiger partial charge in [0.05, 0.1) is 6.61 Å². The molecule has 0 aliphatic carbocycles. The van der Waals surface area contributed by atoms with Gasteiger partial charge < -0.3 is 4.74 Å². The van der Waals surface area contributed by atoms with Crippen molar-refractivity contribution in [1.82, 2.24) is 0 Å². The zero-order chi connectivity index (χ0) is 10.1. The molecule has 0 bridgehead atoms. The zero-order valence-electron chi connectivity index (χ0n) is 8.70. The third-order valence-electron chi connectivity index (χ3n) is 2.33. The number of aromatic nitrogens is 1. The van der Waals surface area contributed by atoms with Crippen LogP contribution in [-0.4, -0.2) is 6.61 Å². The molecule has 0 aliphatic heterocycles. The molecule has 0 N–H and O–H groups in total. The third-order valence-corrected chi connectivity index (χ3v) is 3.45. The van der Waals surface area contributed by atoms with Crippen molar-refractivity contribution in [2.45, 2.75) is 13.8 Å². The topological polar surface area (TPSA) is 13.1 Å². The minimum atomic E-state index is 0.724. The Labute approximate surface area is 87.8 Å². The highest BCUT2D eigenvalue weighted by Crippen LogP contribution is 2.24. The number of rotatable bonds is 2. The molecule has 0 atom stereocenters. The van der Waals surface area contributed by atoms with E-state index in [-0.39, 0.29) is 0 Å². The van der Waals surface area contributed by atoms with Gasteiger partial charge in [-0.05, 0) is 13.0 Å². The van der Waals surface area contributed by atoms with E-state index >= 15 is 0 Å². The van der Waals surface area contributed by atoms with Crippen LogP contribution >= 0.6 is 11.3 Å². The maximum Gasteiger partial charge on any atom is 0.234 e. The molecule has 74 valence electrons. The van der Waals surface area contributed by atoms with E-state index in [9.17, 15) is 0 Å². The second kappa shape index (κ2) is 3.58. The predicted octanol–water partition coefficient (Wildman–Crippen LogP) is 2.43. The normalized spacial score (nSPS) is 10.8. The van der Waals surface area contributed by atoms with Crippen LogP contribution in [0.5, 0.6) is 5.75 Å². The van der Waals surface area contributed by atoms with Crippen LogP contribution in [0.4, 0.5) is 0 Å². The maximum absolute atomic E-state index is 5.46. The van der Waals surface area contributed by atoms with E-state index in [1.165, 1.54) is 15.2 Å². The molecule has 1 heterocycles. The van der Waals surface area contributed by atoms with Crippen molar-refractivity contribution in [2.75, 3.05) is 6.61 Å². The molecule has 0 aliphatic rings. The SMILES string of the molecule is CCOc1ccc2c(c1)sc(C)[n+]2C. The van der Waals surface area contributed by atoms with Crippen molar-refractivity contribution >= 4 is 21.6 Å². The minimum Gasteiger partial charge on any atom is -0.494 e. The van der Waals surface area contributed by atoms with Crippen molar-refractivity contribution in [1.29, 1.82) is 0 Å². The van der Waals surface area contributed by atoms with Gasteiger partial charge in [0.15, 0.2) is 0 Å². The highest BCUT2D eigenvalue weighted by molar-refractivity contribution is 7.18. The Morgan fingerprint density at radius 2 is 2.21 bits per heavy atom. The molecule has 2 nitrogen and oxygen atoms in total. The first-order chi connectivity index (χ1) is 6.72. The summed E-state index contributed by atoms with van der Waals surface area (Å²) in [6.07, 6.45) is 0. The summed E-state index contributed by atoms with van der Waals surface area (Å²) in [7, 11) is 2.09. The predicted molar refractivity (Wildman–Crippen MR) is 58.9 cm³/mol. The van der Waals surface area contributed by atoms with Gasteiger partial charge in [-0.25, -0.2) is 0 Å². The van der Waals surface area contributed by atoms with E-state index in [1.807, 2.05) is 13.0 Å². The Balaban J connectivity index is 2.56. The fraction of sp³-hybridized carbons (Fsp3) is 0.364. The van der Waals surface area contributed by atoms with E-state index < -0.39 is 0 Å². The Kier molecular flexibility index (Phi) is 2.42. The van der Waals surface area contributed by atoms with Gasteiger partial charge in [-0.3, -0.25) is 0 Å². The van der Waals surface area contributed by atoms with Gasteiger partial charge in [0, 0.05) is 19.1 Å². The molecule has 2 aromatic rings. The number of nitrogens with zero attached hydrogens (tertiary/aromatic N) is 1. The number of hydrogen-bond acceptors (Lipinski definition) is 2. The van der Waals surface area contributed by atoms with Crippen LogP contribution in [0.1, 0.15) is 11.9 Å².